The number of hydrogen-bond donors (Lipinski definition) is 1. The number of carbonyl (C=O) groups is 1. The summed E-state index contributed by atoms with van der Waals surface area (Å²) in [5.41, 5.74) is 6.87. The van der Waals surface area contributed by atoms with Crippen LogP contribution in [-0.4, -0.2) is 11.0 Å². The number of halogens is 1. The highest BCUT2D eigenvalue weighted by Gasteiger charge is 2.12. The van der Waals surface area contributed by atoms with Crippen LogP contribution in [-0.2, 0) is 11.3 Å². The summed E-state index contributed by atoms with van der Waals surface area (Å²) in [7, 11) is 0. The highest BCUT2D eigenvalue weighted by Crippen LogP contribution is 2.18. The molecule has 0 aliphatic heterocycles. The van der Waals surface area contributed by atoms with Crippen LogP contribution < -0.4 is 5.73 Å². The van der Waals surface area contributed by atoms with Crippen LogP contribution in [0.2, 0.25) is 0 Å². The Kier molecular flexibility index (Phi) is 3.75. The summed E-state index contributed by atoms with van der Waals surface area (Å²) in [5.74, 6) is -1.15. The molecule has 0 saturated heterocycles. The second-order valence-corrected chi connectivity index (χ2v) is 4.07. The van der Waals surface area contributed by atoms with Crippen molar-refractivity contribution < 1.29 is 13.9 Å². The van der Waals surface area contributed by atoms with Gasteiger partial charge in [-0.3, -0.25) is 4.98 Å². The van der Waals surface area contributed by atoms with Gasteiger partial charge in [0.2, 0.25) is 0 Å². The van der Waals surface area contributed by atoms with Crippen molar-refractivity contribution >= 4 is 11.7 Å². The molecule has 1 aromatic carbocycles. The molecule has 2 aromatic rings. The summed E-state index contributed by atoms with van der Waals surface area (Å²) in [6.45, 7) is 1.59. The van der Waals surface area contributed by atoms with Crippen LogP contribution in [0.1, 0.15) is 21.6 Å². The van der Waals surface area contributed by atoms with Crippen LogP contribution in [0, 0.1) is 12.7 Å². The van der Waals surface area contributed by atoms with E-state index in [1.807, 2.05) is 0 Å². The van der Waals surface area contributed by atoms with Crippen molar-refractivity contribution in [3.05, 3.63) is 59.2 Å². The molecule has 0 radical (unpaired) electrons. The average Bonchev–Trinajstić information content (AvgIpc) is 2.42. The number of pyridine rings is 1. The lowest BCUT2D eigenvalue weighted by atomic mass is 10.1. The van der Waals surface area contributed by atoms with Gasteiger partial charge in [0.25, 0.3) is 0 Å². The third-order valence-electron chi connectivity index (χ3n) is 2.70. The molecule has 1 heterocycles. The quantitative estimate of drug-likeness (QED) is 0.680. The van der Waals surface area contributed by atoms with E-state index in [4.69, 9.17) is 10.5 Å². The summed E-state index contributed by atoms with van der Waals surface area (Å²) >= 11 is 0. The summed E-state index contributed by atoms with van der Waals surface area (Å²) in [6.07, 6.45) is 1.60. The molecule has 0 atom stereocenters. The predicted octanol–water partition coefficient (Wildman–Crippen LogP) is 2.47. The lowest BCUT2D eigenvalue weighted by Crippen LogP contribution is -2.08. The Labute approximate surface area is 110 Å². The van der Waals surface area contributed by atoms with Crippen molar-refractivity contribution in [1.29, 1.82) is 0 Å². The maximum Gasteiger partial charge on any atom is 0.338 e. The van der Waals surface area contributed by atoms with E-state index in [9.17, 15) is 9.18 Å². The minimum atomic E-state index is -0.628. The minimum Gasteiger partial charge on any atom is -0.456 e. The van der Waals surface area contributed by atoms with Gasteiger partial charge in [-0.1, -0.05) is 6.07 Å². The van der Waals surface area contributed by atoms with Crippen molar-refractivity contribution in [2.24, 2.45) is 0 Å². The molecule has 5 heteroatoms. The van der Waals surface area contributed by atoms with Crippen molar-refractivity contribution in [3.63, 3.8) is 0 Å². The highest BCUT2D eigenvalue weighted by atomic mass is 19.1. The van der Waals surface area contributed by atoms with Crippen LogP contribution >= 0.6 is 0 Å². The number of ether oxygens (including phenoxy) is 1. The van der Waals surface area contributed by atoms with Crippen LogP contribution in [0.15, 0.2) is 36.5 Å². The standard InChI is InChI=1S/C14H13FN2O2/c1-9-12(15)6-10(7-13(9)16)14(18)19-8-11-4-2-3-5-17-11/h2-7H,8,16H2,1H3. The molecule has 19 heavy (non-hydrogen) atoms. The Morgan fingerprint density at radius 3 is 2.84 bits per heavy atom. The number of benzene rings is 1. The molecule has 0 saturated carbocycles. The van der Waals surface area contributed by atoms with E-state index in [0.717, 1.165) is 6.07 Å². The smallest absolute Gasteiger partial charge is 0.338 e. The fourth-order valence-electron chi connectivity index (χ4n) is 1.52. The van der Waals surface area contributed by atoms with Gasteiger partial charge >= 0.3 is 5.97 Å². The molecular weight excluding hydrogens is 247 g/mol. The van der Waals surface area contributed by atoms with Crippen molar-refractivity contribution in [3.8, 4) is 0 Å². The fourth-order valence-corrected chi connectivity index (χ4v) is 1.52. The van der Waals surface area contributed by atoms with Crippen molar-refractivity contribution in [2.75, 3.05) is 5.73 Å². The van der Waals surface area contributed by atoms with Gasteiger partial charge in [0.1, 0.15) is 12.4 Å². The first-order valence-corrected chi connectivity index (χ1v) is 5.70. The zero-order valence-corrected chi connectivity index (χ0v) is 10.4. The molecule has 1 aromatic heterocycles. The normalized spacial score (nSPS) is 10.2. The van der Waals surface area contributed by atoms with E-state index in [0.29, 0.717) is 11.3 Å². The molecule has 0 fully saturated rings. The zero-order chi connectivity index (χ0) is 13.8. The largest absolute Gasteiger partial charge is 0.456 e. The van der Waals surface area contributed by atoms with E-state index >= 15 is 0 Å². The molecule has 2 rings (SSSR count). The van der Waals surface area contributed by atoms with Gasteiger partial charge in [-0.25, -0.2) is 9.18 Å². The third kappa shape index (κ3) is 3.07. The SMILES string of the molecule is Cc1c(N)cc(C(=O)OCc2ccccn2)cc1F. The van der Waals surface area contributed by atoms with Gasteiger partial charge in [0, 0.05) is 17.4 Å². The topological polar surface area (TPSA) is 65.2 Å². The summed E-state index contributed by atoms with van der Waals surface area (Å²) in [5, 5.41) is 0. The molecule has 2 N–H and O–H groups in total. The summed E-state index contributed by atoms with van der Waals surface area (Å²) < 4.78 is 18.5. The van der Waals surface area contributed by atoms with E-state index < -0.39 is 11.8 Å². The zero-order valence-electron chi connectivity index (χ0n) is 10.4. The van der Waals surface area contributed by atoms with E-state index in [1.165, 1.54) is 6.07 Å². The van der Waals surface area contributed by atoms with Gasteiger partial charge in [0.05, 0.1) is 11.3 Å². The van der Waals surface area contributed by atoms with E-state index in [1.54, 1.807) is 31.3 Å². The van der Waals surface area contributed by atoms with Crippen LogP contribution in [0.5, 0.6) is 0 Å². The second kappa shape index (κ2) is 5.48. The van der Waals surface area contributed by atoms with Crippen LogP contribution in [0.25, 0.3) is 0 Å². The molecule has 0 bridgehead atoms. The Balaban J connectivity index is 2.08. The third-order valence-corrected chi connectivity index (χ3v) is 2.70. The first-order chi connectivity index (χ1) is 9.08. The Morgan fingerprint density at radius 2 is 2.21 bits per heavy atom. The van der Waals surface area contributed by atoms with Crippen molar-refractivity contribution in [2.45, 2.75) is 13.5 Å². The first-order valence-electron chi connectivity index (χ1n) is 5.70. The number of nitrogen functional groups attached to an aromatic ring is 1. The molecule has 0 aliphatic carbocycles. The molecule has 0 aliphatic rings. The molecule has 4 nitrogen and oxygen atoms in total. The molecule has 0 amide bonds. The number of rotatable bonds is 3. The number of anilines is 1. The van der Waals surface area contributed by atoms with Gasteiger partial charge < -0.3 is 10.5 Å². The molecule has 98 valence electrons. The maximum atomic E-state index is 13.5. The van der Waals surface area contributed by atoms with Crippen molar-refractivity contribution in [1.82, 2.24) is 4.98 Å². The Morgan fingerprint density at radius 1 is 1.42 bits per heavy atom. The molecule has 0 spiro atoms. The number of carbonyl (C=O) groups excluding carboxylic acids is 1. The number of nitrogens with zero attached hydrogens (tertiary/aromatic N) is 1. The summed E-state index contributed by atoms with van der Waals surface area (Å²) in [6, 6.07) is 7.81. The number of hydrogen-bond acceptors (Lipinski definition) is 4. The highest BCUT2D eigenvalue weighted by molar-refractivity contribution is 5.90. The molecular formula is C14H13FN2O2. The molecule has 0 unspecified atom stereocenters. The van der Waals surface area contributed by atoms with Crippen LogP contribution in [0.4, 0.5) is 10.1 Å². The lowest BCUT2D eigenvalue weighted by Gasteiger charge is -2.07. The Hall–Kier alpha value is -2.43. The number of aromatic nitrogens is 1. The monoisotopic (exact) mass is 260 g/mol. The number of nitrogens with two attached hydrogens (primary N) is 1. The van der Waals surface area contributed by atoms with Gasteiger partial charge in [0.15, 0.2) is 0 Å². The lowest BCUT2D eigenvalue weighted by molar-refractivity contribution is 0.0467. The maximum absolute atomic E-state index is 13.5. The van der Waals surface area contributed by atoms with Crippen LogP contribution in [0.3, 0.4) is 0 Å². The first kappa shape index (κ1) is 13.0. The van der Waals surface area contributed by atoms with E-state index in [2.05, 4.69) is 4.98 Å². The van der Waals surface area contributed by atoms with Gasteiger partial charge in [-0.15, -0.1) is 0 Å². The average molecular weight is 260 g/mol. The minimum absolute atomic E-state index is 0.0368. The van der Waals surface area contributed by atoms with Gasteiger partial charge in [-0.2, -0.15) is 0 Å². The van der Waals surface area contributed by atoms with E-state index in [-0.39, 0.29) is 17.9 Å². The number of esters is 1. The summed E-state index contributed by atoms with van der Waals surface area (Å²) in [4.78, 5) is 15.8. The Bertz CT molecular complexity index is 577. The van der Waals surface area contributed by atoms with Gasteiger partial charge in [-0.05, 0) is 31.2 Å². The predicted molar refractivity (Wildman–Crippen MR) is 68.9 cm³/mol. The second-order valence-electron chi connectivity index (χ2n) is 4.07. The fraction of sp³-hybridized carbons (Fsp3) is 0.143.